The molecule has 7 aromatic rings. The monoisotopic (exact) mass is 611 g/mol. The van der Waals surface area contributed by atoms with Gasteiger partial charge in [-0.2, -0.15) is 8.42 Å². The molecule has 0 spiro atoms. The van der Waals surface area contributed by atoms with Crippen molar-refractivity contribution in [3.63, 3.8) is 0 Å². The lowest BCUT2D eigenvalue weighted by Crippen LogP contribution is -2.08. The molecule has 0 saturated heterocycles. The second-order valence-corrected chi connectivity index (χ2v) is 11.3. The zero-order valence-corrected chi connectivity index (χ0v) is 24.0. The summed E-state index contributed by atoms with van der Waals surface area (Å²) in [5, 5.41) is 7.70. The molecule has 0 unspecified atom stereocenters. The Kier molecular flexibility index (Phi) is 5.99. The molecule has 45 heavy (non-hydrogen) atoms. The van der Waals surface area contributed by atoms with Crippen LogP contribution in [0.25, 0.3) is 89.7 Å². The molecule has 2 aliphatic heterocycles. The van der Waals surface area contributed by atoms with E-state index in [4.69, 9.17) is 42.9 Å². The van der Waals surface area contributed by atoms with Gasteiger partial charge in [-0.15, -0.1) is 0 Å². The zero-order chi connectivity index (χ0) is 30.7. The normalized spacial score (nSPS) is 12.0. The van der Waals surface area contributed by atoms with E-state index in [0.717, 1.165) is 43.8 Å². The fraction of sp³-hybridized carbons (Fsp3) is 0. The Morgan fingerprint density at radius 1 is 0.444 bits per heavy atom. The summed E-state index contributed by atoms with van der Waals surface area (Å²) in [6.07, 6.45) is 0. The summed E-state index contributed by atoms with van der Waals surface area (Å²) in [5.41, 5.74) is 6.45. The number of hydrogen-bond donors (Lipinski definition) is 4. The van der Waals surface area contributed by atoms with Crippen LogP contribution in [0.15, 0.2) is 97.1 Å². The van der Waals surface area contributed by atoms with Gasteiger partial charge in [-0.05, 0) is 0 Å². The van der Waals surface area contributed by atoms with Crippen molar-refractivity contribution in [3.05, 3.63) is 97.1 Å². The van der Waals surface area contributed by atoms with E-state index >= 15 is 0 Å². The molecular formula is C32H21N9O3S. The minimum atomic E-state index is -4.17. The number of benzene rings is 4. The summed E-state index contributed by atoms with van der Waals surface area (Å²) in [6.45, 7) is 0. The van der Waals surface area contributed by atoms with Crippen molar-refractivity contribution in [3.8, 4) is 45.6 Å². The highest BCUT2D eigenvalue weighted by molar-refractivity contribution is 7.83. The maximum Gasteiger partial charge on any atom is 0.330 e. The van der Waals surface area contributed by atoms with E-state index in [9.17, 15) is 0 Å². The predicted octanol–water partition coefficient (Wildman–Crippen LogP) is 5.62. The summed E-state index contributed by atoms with van der Waals surface area (Å²) >= 11 is 0. The Balaban J connectivity index is 0.000000560. The van der Waals surface area contributed by atoms with Crippen molar-refractivity contribution < 1.29 is 13.0 Å². The molecule has 5 heterocycles. The van der Waals surface area contributed by atoms with E-state index in [2.05, 4.69) is 15.1 Å². The molecule has 218 valence electrons. The van der Waals surface area contributed by atoms with Gasteiger partial charge < -0.3 is 9.97 Å². The molecule has 5 N–H and O–H groups in total. The molecule has 0 radical (unpaired) electrons. The molecular weight excluding hydrogens is 590 g/mol. The summed E-state index contributed by atoms with van der Waals surface area (Å²) in [7, 11) is -4.17. The maximum atomic E-state index is 8.97. The number of H-pyrrole nitrogens is 2. The predicted molar refractivity (Wildman–Crippen MR) is 172 cm³/mol. The minimum Gasteiger partial charge on any atom is -0.324 e. The van der Waals surface area contributed by atoms with Gasteiger partial charge in [-0.25, -0.2) is 35.0 Å². The van der Waals surface area contributed by atoms with Crippen LogP contribution in [0, 0.1) is 0 Å². The number of fused-ring (bicyclic) bond motifs is 20. The molecule has 2 aliphatic rings. The Bertz CT molecular complexity index is 2280. The van der Waals surface area contributed by atoms with Crippen molar-refractivity contribution in [2.75, 3.05) is 0 Å². The van der Waals surface area contributed by atoms with Gasteiger partial charge in [0.1, 0.15) is 22.6 Å². The Hall–Kier alpha value is -5.89. The van der Waals surface area contributed by atoms with Gasteiger partial charge in [-0.1, -0.05) is 97.1 Å². The number of aromatic amines is 2. The van der Waals surface area contributed by atoms with Crippen LogP contribution in [0.1, 0.15) is 0 Å². The Labute approximate surface area is 254 Å². The van der Waals surface area contributed by atoms with Crippen molar-refractivity contribution in [1.29, 1.82) is 0 Å². The summed E-state index contributed by atoms with van der Waals surface area (Å²) in [6, 6.07) is 32.2. The Morgan fingerprint density at radius 3 is 0.911 bits per heavy atom. The van der Waals surface area contributed by atoms with Gasteiger partial charge in [0, 0.05) is 43.8 Å². The first kappa shape index (κ1) is 26.7. The average molecular weight is 612 g/mol. The maximum absolute atomic E-state index is 8.97. The lowest BCUT2D eigenvalue weighted by Gasteiger charge is -1.96. The van der Waals surface area contributed by atoms with Gasteiger partial charge >= 0.3 is 10.3 Å². The first-order chi connectivity index (χ1) is 21.8. The van der Waals surface area contributed by atoms with E-state index in [1.54, 1.807) is 0 Å². The van der Waals surface area contributed by atoms with Crippen molar-refractivity contribution in [2.24, 2.45) is 5.14 Å². The Morgan fingerprint density at radius 2 is 0.667 bits per heavy atom. The average Bonchev–Trinajstić information content (AvgIpc) is 3.76. The van der Waals surface area contributed by atoms with E-state index in [1.165, 1.54) is 0 Å². The highest BCUT2D eigenvalue weighted by Crippen LogP contribution is 2.36. The summed E-state index contributed by atoms with van der Waals surface area (Å²) in [5.74, 6) is 2.39. The smallest absolute Gasteiger partial charge is 0.324 e. The van der Waals surface area contributed by atoms with Gasteiger partial charge in [-0.3, -0.25) is 4.55 Å². The van der Waals surface area contributed by atoms with Crippen LogP contribution in [0.4, 0.5) is 0 Å². The van der Waals surface area contributed by atoms with E-state index in [-0.39, 0.29) is 0 Å². The first-order valence-electron chi connectivity index (χ1n) is 13.7. The number of hydrogen-bond acceptors (Lipinski definition) is 8. The molecule has 0 atom stereocenters. The van der Waals surface area contributed by atoms with Crippen molar-refractivity contribution in [2.45, 2.75) is 0 Å². The minimum absolute atomic E-state index is 0.597. The lowest BCUT2D eigenvalue weighted by atomic mass is 10.1. The molecule has 12 nitrogen and oxygen atoms in total. The largest absolute Gasteiger partial charge is 0.330 e. The quantitative estimate of drug-likeness (QED) is 0.158. The zero-order valence-electron chi connectivity index (χ0n) is 23.2. The third-order valence-corrected chi connectivity index (χ3v) is 7.46. The second kappa shape index (κ2) is 10.1. The van der Waals surface area contributed by atoms with E-state index < -0.39 is 10.3 Å². The lowest BCUT2D eigenvalue weighted by molar-refractivity contribution is 0.485. The van der Waals surface area contributed by atoms with E-state index in [0.29, 0.717) is 45.9 Å². The van der Waals surface area contributed by atoms with E-state index in [1.807, 2.05) is 97.1 Å². The molecule has 0 amide bonds. The molecule has 13 heteroatoms. The second-order valence-electron chi connectivity index (χ2n) is 10.3. The van der Waals surface area contributed by atoms with Gasteiger partial charge in [0.05, 0.1) is 0 Å². The number of rotatable bonds is 0. The van der Waals surface area contributed by atoms with Crippen LogP contribution in [-0.4, -0.2) is 52.8 Å². The molecule has 8 bridgehead atoms. The molecule has 4 aromatic carbocycles. The SMILES string of the molecule is NS(=O)(=O)O.c1ccc2c(c1)-c1nc-2nc2[nH]c(nc3nc(nc4[nH]c(n1)c1ccccc41)-c1ccccc1-3)c1ccccc21. The van der Waals surface area contributed by atoms with Crippen LogP contribution in [0.5, 0.6) is 0 Å². The molecule has 0 saturated carbocycles. The molecule has 9 rings (SSSR count). The third-order valence-electron chi connectivity index (χ3n) is 7.46. The summed E-state index contributed by atoms with van der Waals surface area (Å²) in [4.78, 5) is 36.8. The van der Waals surface area contributed by atoms with Gasteiger partial charge in [0.15, 0.2) is 23.3 Å². The van der Waals surface area contributed by atoms with Crippen LogP contribution in [0.3, 0.4) is 0 Å². The van der Waals surface area contributed by atoms with Crippen LogP contribution in [0.2, 0.25) is 0 Å². The highest BCUT2D eigenvalue weighted by Gasteiger charge is 2.21. The van der Waals surface area contributed by atoms with Gasteiger partial charge in [0.25, 0.3) is 0 Å². The molecule has 0 fully saturated rings. The summed E-state index contributed by atoms with van der Waals surface area (Å²) < 4.78 is 25.2. The number of aromatic nitrogens is 8. The number of nitrogens with one attached hydrogen (secondary N) is 2. The molecule has 3 aromatic heterocycles. The number of nitrogens with zero attached hydrogens (tertiary/aromatic N) is 6. The first-order valence-corrected chi connectivity index (χ1v) is 15.2. The third kappa shape index (κ3) is 4.77. The fourth-order valence-corrected chi connectivity index (χ4v) is 5.59. The number of nitrogens with two attached hydrogens (primary N) is 1. The topological polar surface area (TPSA) is 189 Å². The van der Waals surface area contributed by atoms with Crippen LogP contribution < -0.4 is 5.14 Å². The van der Waals surface area contributed by atoms with Crippen molar-refractivity contribution in [1.82, 2.24) is 39.9 Å². The van der Waals surface area contributed by atoms with Crippen LogP contribution >= 0.6 is 0 Å². The standard InChI is InChI=1S/C32H18N8.H3NO3S/c1-2-10-18-17(9-1)25-33-26(18)38-28-21-13-5-6-14-22(21)30(35-28)40-32-24-16-8-7-15-23(24)31(36-32)39-29-20-12-4-3-11-19(20)27(34-29)37-25;1-5(2,3)4/h1-16H,(H2,33,34,35,36,37,38,39,40);(H3,1,2,3,4). The van der Waals surface area contributed by atoms with Gasteiger partial charge in [0.2, 0.25) is 0 Å². The van der Waals surface area contributed by atoms with Crippen molar-refractivity contribution >= 4 is 54.4 Å². The highest BCUT2D eigenvalue weighted by atomic mass is 32.2. The molecule has 0 aliphatic carbocycles. The fourth-order valence-electron chi connectivity index (χ4n) is 5.59. The van der Waals surface area contributed by atoms with Crippen LogP contribution in [-0.2, 0) is 10.3 Å².